The van der Waals surface area contributed by atoms with E-state index in [0.29, 0.717) is 11.7 Å². The molecule has 2 saturated heterocycles. The lowest BCUT2D eigenvalue weighted by Crippen LogP contribution is -2.37. The Balaban J connectivity index is 1.98. The maximum atomic E-state index is 12.0. The SMILES string of the molecule is C=CCN1C(=S)N(c2ccc(OC)cc2)[C@H]2CS(=O)(=O)C[C@@H]21. The molecule has 2 atom stereocenters. The topological polar surface area (TPSA) is 49.9 Å². The monoisotopic (exact) mass is 338 g/mol. The molecule has 7 heteroatoms. The van der Waals surface area contributed by atoms with E-state index < -0.39 is 9.84 Å². The molecule has 0 aromatic heterocycles. The highest BCUT2D eigenvalue weighted by atomic mass is 32.2. The molecule has 118 valence electrons. The van der Waals surface area contributed by atoms with Crippen molar-refractivity contribution in [2.24, 2.45) is 0 Å². The van der Waals surface area contributed by atoms with Crippen molar-refractivity contribution in [1.29, 1.82) is 0 Å². The third-order valence-corrected chi connectivity index (χ3v) is 6.28. The summed E-state index contributed by atoms with van der Waals surface area (Å²) in [6.45, 7) is 4.30. The number of thiocarbonyl (C=S) groups is 1. The number of benzene rings is 1. The minimum atomic E-state index is -3.04. The molecule has 2 aliphatic rings. The first-order valence-corrected chi connectivity index (χ1v) is 9.25. The molecule has 2 fully saturated rings. The van der Waals surface area contributed by atoms with Crippen LogP contribution in [-0.2, 0) is 9.84 Å². The molecule has 22 heavy (non-hydrogen) atoms. The summed E-state index contributed by atoms with van der Waals surface area (Å²) >= 11 is 5.58. The van der Waals surface area contributed by atoms with E-state index in [1.165, 1.54) is 0 Å². The molecule has 0 unspecified atom stereocenters. The van der Waals surface area contributed by atoms with Gasteiger partial charge in [0.1, 0.15) is 5.75 Å². The highest BCUT2D eigenvalue weighted by Crippen LogP contribution is 2.35. The fourth-order valence-corrected chi connectivity index (χ4v) is 5.58. The molecule has 0 radical (unpaired) electrons. The number of hydrogen-bond donors (Lipinski definition) is 0. The van der Waals surface area contributed by atoms with Crippen LogP contribution >= 0.6 is 12.2 Å². The maximum absolute atomic E-state index is 12.0. The number of hydrogen-bond acceptors (Lipinski definition) is 4. The van der Waals surface area contributed by atoms with Gasteiger partial charge in [0.15, 0.2) is 14.9 Å². The van der Waals surface area contributed by atoms with E-state index in [-0.39, 0.29) is 23.6 Å². The average molecular weight is 338 g/mol. The first-order chi connectivity index (χ1) is 10.5. The van der Waals surface area contributed by atoms with Crippen LogP contribution in [0.25, 0.3) is 0 Å². The van der Waals surface area contributed by atoms with Gasteiger partial charge in [0.05, 0.1) is 30.7 Å². The van der Waals surface area contributed by atoms with Crippen LogP contribution in [0.3, 0.4) is 0 Å². The molecule has 1 aromatic carbocycles. The Hall–Kier alpha value is -1.60. The van der Waals surface area contributed by atoms with Crippen molar-refractivity contribution in [3.63, 3.8) is 0 Å². The van der Waals surface area contributed by atoms with Crippen LogP contribution in [0.4, 0.5) is 5.69 Å². The second-order valence-electron chi connectivity index (χ2n) is 5.50. The molecule has 0 spiro atoms. The number of methoxy groups -OCH3 is 1. The molecule has 0 bridgehead atoms. The summed E-state index contributed by atoms with van der Waals surface area (Å²) in [6, 6.07) is 7.29. The largest absolute Gasteiger partial charge is 0.497 e. The highest BCUT2D eigenvalue weighted by Gasteiger charge is 2.51. The van der Waals surface area contributed by atoms with Gasteiger partial charge in [0, 0.05) is 12.2 Å². The summed E-state index contributed by atoms with van der Waals surface area (Å²) in [5, 5.41) is 0.662. The lowest BCUT2D eigenvalue weighted by Gasteiger charge is -2.25. The first kappa shape index (κ1) is 15.3. The molecule has 5 nitrogen and oxygen atoms in total. The number of ether oxygens (including phenoxy) is 1. The number of rotatable bonds is 4. The van der Waals surface area contributed by atoms with Crippen LogP contribution in [-0.4, -0.2) is 55.7 Å². The van der Waals surface area contributed by atoms with Gasteiger partial charge in [-0.05, 0) is 36.5 Å². The normalized spacial score (nSPS) is 26.1. The molecular formula is C15H18N2O3S2. The molecular weight excluding hydrogens is 320 g/mol. The van der Waals surface area contributed by atoms with E-state index in [1.54, 1.807) is 13.2 Å². The average Bonchev–Trinajstić information content (AvgIpc) is 2.91. The fraction of sp³-hybridized carbons (Fsp3) is 0.400. The van der Waals surface area contributed by atoms with Gasteiger partial charge in [0.25, 0.3) is 0 Å². The molecule has 1 aromatic rings. The van der Waals surface area contributed by atoms with Crippen molar-refractivity contribution in [3.05, 3.63) is 36.9 Å². The van der Waals surface area contributed by atoms with E-state index >= 15 is 0 Å². The van der Waals surface area contributed by atoms with E-state index in [9.17, 15) is 8.42 Å². The van der Waals surface area contributed by atoms with Crippen molar-refractivity contribution < 1.29 is 13.2 Å². The van der Waals surface area contributed by atoms with Crippen LogP contribution in [0, 0.1) is 0 Å². The van der Waals surface area contributed by atoms with Crippen LogP contribution in [0.5, 0.6) is 5.75 Å². The summed E-state index contributed by atoms with van der Waals surface area (Å²) in [4.78, 5) is 3.91. The van der Waals surface area contributed by atoms with Crippen molar-refractivity contribution in [1.82, 2.24) is 4.90 Å². The Labute approximate surface area is 136 Å². The molecule has 0 N–H and O–H groups in total. The van der Waals surface area contributed by atoms with Gasteiger partial charge in [0.2, 0.25) is 0 Å². The molecule has 3 rings (SSSR count). The lowest BCUT2D eigenvalue weighted by atomic mass is 10.1. The zero-order valence-corrected chi connectivity index (χ0v) is 13.9. The molecule has 0 amide bonds. The Kier molecular flexibility index (Phi) is 3.86. The van der Waals surface area contributed by atoms with Gasteiger partial charge < -0.3 is 14.5 Å². The van der Waals surface area contributed by atoms with Gasteiger partial charge in [-0.2, -0.15) is 0 Å². The second kappa shape index (κ2) is 5.55. The number of anilines is 1. The predicted octanol–water partition coefficient (Wildman–Crippen LogP) is 1.45. The maximum Gasteiger partial charge on any atom is 0.177 e. The Morgan fingerprint density at radius 1 is 1.32 bits per heavy atom. The highest BCUT2D eigenvalue weighted by molar-refractivity contribution is 7.91. The number of sulfone groups is 1. The van der Waals surface area contributed by atoms with E-state index in [4.69, 9.17) is 17.0 Å². The Bertz CT molecular complexity index is 700. The minimum Gasteiger partial charge on any atom is -0.497 e. The van der Waals surface area contributed by atoms with E-state index in [2.05, 4.69) is 6.58 Å². The lowest BCUT2D eigenvalue weighted by molar-refractivity contribution is 0.389. The van der Waals surface area contributed by atoms with Crippen molar-refractivity contribution in [3.8, 4) is 5.75 Å². The van der Waals surface area contributed by atoms with Crippen LogP contribution < -0.4 is 9.64 Å². The van der Waals surface area contributed by atoms with Crippen molar-refractivity contribution >= 4 is 32.9 Å². The quantitative estimate of drug-likeness (QED) is 0.612. The smallest absolute Gasteiger partial charge is 0.177 e. The van der Waals surface area contributed by atoms with Gasteiger partial charge in [-0.1, -0.05) is 6.08 Å². The fourth-order valence-electron chi connectivity index (χ4n) is 3.17. The first-order valence-electron chi connectivity index (χ1n) is 7.02. The summed E-state index contributed by atoms with van der Waals surface area (Å²) in [5.74, 6) is 1.04. The summed E-state index contributed by atoms with van der Waals surface area (Å²) in [6.07, 6.45) is 1.76. The molecule has 0 aliphatic carbocycles. The Morgan fingerprint density at radius 2 is 1.95 bits per heavy atom. The summed E-state index contributed by atoms with van der Waals surface area (Å²) in [7, 11) is -1.42. The van der Waals surface area contributed by atoms with Gasteiger partial charge in [-0.3, -0.25) is 0 Å². The molecule has 0 saturated carbocycles. The third kappa shape index (κ3) is 2.48. The number of fused-ring (bicyclic) bond motifs is 1. The standard InChI is InChI=1S/C15H18N2O3S2/c1-3-8-16-13-9-22(18,19)10-14(13)17(15(16)21)11-4-6-12(20-2)7-5-11/h3-7,13-14H,1,8-10H2,2H3/t13-,14-/m0/s1. The zero-order valence-electron chi connectivity index (χ0n) is 12.3. The van der Waals surface area contributed by atoms with Crippen LogP contribution in [0.2, 0.25) is 0 Å². The predicted molar refractivity (Wildman–Crippen MR) is 91.2 cm³/mol. The third-order valence-electron chi connectivity index (χ3n) is 4.15. The van der Waals surface area contributed by atoms with E-state index in [0.717, 1.165) is 11.4 Å². The molecule has 2 aliphatic heterocycles. The van der Waals surface area contributed by atoms with Gasteiger partial charge in [-0.15, -0.1) is 6.58 Å². The minimum absolute atomic E-state index is 0.0994. The van der Waals surface area contributed by atoms with Crippen molar-refractivity contribution in [2.45, 2.75) is 12.1 Å². The summed E-state index contributed by atoms with van der Waals surface area (Å²) < 4.78 is 29.2. The van der Waals surface area contributed by atoms with Crippen LogP contribution in [0.1, 0.15) is 0 Å². The Morgan fingerprint density at radius 3 is 2.55 bits per heavy atom. The van der Waals surface area contributed by atoms with Gasteiger partial charge in [-0.25, -0.2) is 8.42 Å². The van der Waals surface area contributed by atoms with Crippen LogP contribution in [0.15, 0.2) is 36.9 Å². The molecule has 2 heterocycles. The summed E-state index contributed by atoms with van der Waals surface area (Å²) in [5.41, 5.74) is 0.893. The van der Waals surface area contributed by atoms with Gasteiger partial charge >= 0.3 is 0 Å². The van der Waals surface area contributed by atoms with E-state index in [1.807, 2.05) is 34.1 Å². The van der Waals surface area contributed by atoms with Crippen molar-refractivity contribution in [2.75, 3.05) is 30.1 Å². The zero-order chi connectivity index (χ0) is 15.9. The second-order valence-corrected chi connectivity index (χ2v) is 8.02. The number of nitrogens with zero attached hydrogens (tertiary/aromatic N) is 2.